The highest BCUT2D eigenvalue weighted by molar-refractivity contribution is 8.15. The topological polar surface area (TPSA) is 87.6 Å². The number of benzene rings is 1. The van der Waals surface area contributed by atoms with Crippen LogP contribution in [0.5, 0.6) is 0 Å². The van der Waals surface area contributed by atoms with Crippen LogP contribution in [0.25, 0.3) is 0 Å². The van der Waals surface area contributed by atoms with E-state index in [0.717, 1.165) is 22.8 Å². The molecule has 0 aliphatic carbocycles. The molecule has 2 aliphatic heterocycles. The van der Waals surface area contributed by atoms with Crippen LogP contribution >= 0.6 is 23.1 Å². The van der Waals surface area contributed by atoms with Crippen molar-refractivity contribution in [1.82, 2.24) is 5.32 Å². The minimum absolute atomic E-state index is 0.00463. The van der Waals surface area contributed by atoms with E-state index in [1.807, 2.05) is 25.1 Å². The van der Waals surface area contributed by atoms with Crippen LogP contribution in [0.2, 0.25) is 0 Å². The molecular weight excluding hydrogens is 426 g/mol. The van der Waals surface area contributed by atoms with E-state index in [9.17, 15) is 13.2 Å². The van der Waals surface area contributed by atoms with Gasteiger partial charge >= 0.3 is 0 Å². The van der Waals surface area contributed by atoms with Gasteiger partial charge in [-0.3, -0.25) is 9.79 Å². The van der Waals surface area contributed by atoms with Crippen molar-refractivity contribution in [3.8, 4) is 0 Å². The largest absolute Gasteiger partial charge is 0.352 e. The van der Waals surface area contributed by atoms with Crippen LogP contribution in [0.4, 0.5) is 5.69 Å². The Balaban J connectivity index is 1.39. The average Bonchev–Trinajstić information content (AvgIpc) is 3.29. The van der Waals surface area contributed by atoms with Crippen molar-refractivity contribution in [2.75, 3.05) is 23.4 Å². The molecule has 1 fully saturated rings. The van der Waals surface area contributed by atoms with E-state index in [4.69, 9.17) is 0 Å². The van der Waals surface area contributed by atoms with Gasteiger partial charge in [0, 0.05) is 27.9 Å². The summed E-state index contributed by atoms with van der Waals surface area (Å²) in [5, 5.41) is 9.06. The third-order valence-corrected chi connectivity index (χ3v) is 9.39. The Labute approximate surface area is 179 Å². The lowest BCUT2D eigenvalue weighted by atomic mass is 10.1. The number of carbonyl (C=O) groups is 1. The van der Waals surface area contributed by atoms with E-state index in [2.05, 4.69) is 34.0 Å². The first-order chi connectivity index (χ1) is 13.8. The van der Waals surface area contributed by atoms with E-state index in [1.165, 1.54) is 22.2 Å². The molecule has 0 spiro atoms. The highest BCUT2D eigenvalue weighted by atomic mass is 32.2. The van der Waals surface area contributed by atoms with Crippen LogP contribution in [0.15, 0.2) is 34.6 Å². The zero-order chi connectivity index (χ0) is 20.6. The maximum absolute atomic E-state index is 12.6. The zero-order valence-electron chi connectivity index (χ0n) is 16.3. The maximum atomic E-state index is 12.6. The van der Waals surface area contributed by atoms with Gasteiger partial charge in [0.25, 0.3) is 5.91 Å². The first-order valence-corrected chi connectivity index (χ1v) is 13.0. The van der Waals surface area contributed by atoms with Gasteiger partial charge in [0.05, 0.1) is 17.5 Å². The fourth-order valence-electron chi connectivity index (χ4n) is 3.48. The van der Waals surface area contributed by atoms with Crippen molar-refractivity contribution in [3.63, 3.8) is 0 Å². The first kappa shape index (κ1) is 20.4. The van der Waals surface area contributed by atoms with E-state index < -0.39 is 9.84 Å². The van der Waals surface area contributed by atoms with Gasteiger partial charge < -0.3 is 10.6 Å². The molecule has 2 aromatic rings. The van der Waals surface area contributed by atoms with Gasteiger partial charge in [-0.2, -0.15) is 0 Å². The third kappa shape index (κ3) is 4.67. The number of thiophene rings is 1. The lowest BCUT2D eigenvalue weighted by Crippen LogP contribution is -2.25. The Bertz CT molecular complexity index is 1080. The molecule has 6 nitrogen and oxygen atoms in total. The summed E-state index contributed by atoms with van der Waals surface area (Å²) < 4.78 is 23.4. The van der Waals surface area contributed by atoms with Crippen LogP contribution in [0, 0.1) is 13.8 Å². The minimum Gasteiger partial charge on any atom is -0.352 e. The maximum Gasteiger partial charge on any atom is 0.251 e. The Kier molecular flexibility index (Phi) is 5.72. The summed E-state index contributed by atoms with van der Waals surface area (Å²) in [6, 6.07) is 7.48. The molecule has 154 valence electrons. The number of sulfone groups is 1. The Morgan fingerprint density at radius 2 is 2.03 bits per heavy atom. The zero-order valence-corrected chi connectivity index (χ0v) is 18.7. The average molecular weight is 450 g/mol. The van der Waals surface area contributed by atoms with Crippen molar-refractivity contribution in [2.24, 2.45) is 4.99 Å². The second-order valence-corrected chi connectivity index (χ2v) is 11.8. The highest BCUT2D eigenvalue weighted by Crippen LogP contribution is 2.35. The molecule has 2 aliphatic rings. The second-order valence-electron chi connectivity index (χ2n) is 7.42. The monoisotopic (exact) mass is 449 g/mol. The number of aryl methyl sites for hydroxylation is 2. The van der Waals surface area contributed by atoms with Gasteiger partial charge in [-0.15, -0.1) is 11.3 Å². The second kappa shape index (κ2) is 8.12. The number of rotatable bonds is 5. The van der Waals surface area contributed by atoms with E-state index in [-0.39, 0.29) is 28.7 Å². The number of aliphatic imine (C=N–C) groups is 1. The summed E-state index contributed by atoms with van der Waals surface area (Å²) in [5.74, 6) is 0.203. The van der Waals surface area contributed by atoms with Crippen molar-refractivity contribution < 1.29 is 13.2 Å². The van der Waals surface area contributed by atoms with Gasteiger partial charge in [-0.1, -0.05) is 17.8 Å². The van der Waals surface area contributed by atoms with Crippen LogP contribution in [-0.2, 0) is 16.3 Å². The van der Waals surface area contributed by atoms with Crippen LogP contribution in [0.3, 0.4) is 0 Å². The minimum atomic E-state index is -2.96. The van der Waals surface area contributed by atoms with Crippen LogP contribution < -0.4 is 10.6 Å². The summed E-state index contributed by atoms with van der Waals surface area (Å²) in [6.07, 6.45) is 0.825. The van der Waals surface area contributed by atoms with E-state index >= 15 is 0 Å². The number of fused-ring (bicyclic) bond motifs is 1. The van der Waals surface area contributed by atoms with Crippen molar-refractivity contribution >= 4 is 49.7 Å². The van der Waals surface area contributed by atoms with Crippen molar-refractivity contribution in [2.45, 2.75) is 31.6 Å². The fourth-order valence-corrected chi connectivity index (χ4v) is 8.06. The summed E-state index contributed by atoms with van der Waals surface area (Å²) in [7, 11) is -2.96. The molecule has 0 unspecified atom stereocenters. The predicted octanol–water partition coefficient (Wildman–Crippen LogP) is 3.02. The van der Waals surface area contributed by atoms with Crippen molar-refractivity contribution in [1.29, 1.82) is 0 Å². The van der Waals surface area contributed by atoms with Crippen molar-refractivity contribution in [3.05, 3.63) is 51.2 Å². The van der Waals surface area contributed by atoms with Crippen LogP contribution in [0.1, 0.15) is 26.4 Å². The molecule has 1 saturated heterocycles. The molecule has 29 heavy (non-hydrogen) atoms. The molecule has 3 heterocycles. The smallest absolute Gasteiger partial charge is 0.251 e. The Morgan fingerprint density at radius 3 is 2.76 bits per heavy atom. The summed E-state index contributed by atoms with van der Waals surface area (Å²) in [6.45, 7) is 4.64. The molecular formula is C20H23N3O3S3. The van der Waals surface area contributed by atoms with E-state index in [1.54, 1.807) is 11.3 Å². The fraction of sp³-hybridized carbons (Fsp3) is 0.400. The standard InChI is InChI=1S/C20H23N3O3S3/c1-12-3-4-14(19(24)21-7-5-17-13(2)6-8-27-17)9-15(12)22-20-23-16-10-29(25,26)11-18(16)28-20/h3-4,6,8-9,16,18H,5,7,10-11H2,1-2H3,(H,21,24)(H,22,23)/t16-,18-/m0/s1. The predicted molar refractivity (Wildman–Crippen MR) is 121 cm³/mol. The number of nitrogens with zero attached hydrogens (tertiary/aromatic N) is 1. The van der Waals surface area contributed by atoms with Crippen LogP contribution in [-0.4, -0.2) is 48.8 Å². The quantitative estimate of drug-likeness (QED) is 0.733. The molecule has 9 heteroatoms. The Morgan fingerprint density at radius 1 is 1.21 bits per heavy atom. The summed E-state index contributed by atoms with van der Waals surface area (Å²) >= 11 is 3.19. The number of nitrogens with one attached hydrogen (secondary N) is 2. The van der Waals surface area contributed by atoms with Gasteiger partial charge in [0.15, 0.2) is 15.0 Å². The van der Waals surface area contributed by atoms with E-state index in [0.29, 0.717) is 12.1 Å². The molecule has 1 aromatic heterocycles. The molecule has 0 saturated carbocycles. The molecule has 0 bridgehead atoms. The Hall–Kier alpha value is -1.84. The molecule has 1 aromatic carbocycles. The number of anilines is 1. The summed E-state index contributed by atoms with van der Waals surface area (Å²) in [4.78, 5) is 18.4. The number of amidine groups is 1. The number of hydrogen-bond donors (Lipinski definition) is 2. The number of amides is 1. The first-order valence-electron chi connectivity index (χ1n) is 9.44. The molecule has 2 N–H and O–H groups in total. The van der Waals surface area contributed by atoms with Gasteiger partial charge in [0.2, 0.25) is 0 Å². The lowest BCUT2D eigenvalue weighted by molar-refractivity contribution is 0.0954. The SMILES string of the molecule is Cc1ccc(C(=O)NCCc2sccc2C)cc1NC1=N[C@H]2CS(=O)(=O)C[C@@H]2S1. The third-order valence-electron chi connectivity index (χ3n) is 5.17. The molecule has 4 rings (SSSR count). The van der Waals surface area contributed by atoms with Gasteiger partial charge in [-0.25, -0.2) is 8.42 Å². The highest BCUT2D eigenvalue weighted by Gasteiger charge is 2.42. The molecule has 0 radical (unpaired) electrons. The number of hydrogen-bond acceptors (Lipinski definition) is 7. The number of carbonyl (C=O) groups excluding carboxylic acids is 1. The normalized spacial score (nSPS) is 22.2. The lowest BCUT2D eigenvalue weighted by Gasteiger charge is -2.12. The van der Waals surface area contributed by atoms with Gasteiger partial charge in [0.1, 0.15) is 0 Å². The number of thioether (sulfide) groups is 1. The molecule has 1 amide bonds. The summed E-state index contributed by atoms with van der Waals surface area (Å²) in [5.41, 5.74) is 3.68. The molecule has 2 atom stereocenters. The van der Waals surface area contributed by atoms with Gasteiger partial charge in [-0.05, 0) is 55.0 Å².